The van der Waals surface area contributed by atoms with E-state index < -0.39 is 0 Å². The molecule has 1 unspecified atom stereocenters. The molecular formula is C21H21N3O2S3. The molecule has 3 aromatic rings. The van der Waals surface area contributed by atoms with Gasteiger partial charge in [0, 0.05) is 21.9 Å². The second-order valence-corrected chi connectivity index (χ2v) is 9.89. The molecule has 0 bridgehead atoms. The number of aromatic nitrogens is 1. The van der Waals surface area contributed by atoms with Crippen molar-refractivity contribution in [2.45, 2.75) is 36.3 Å². The van der Waals surface area contributed by atoms with E-state index in [1.54, 1.807) is 11.3 Å². The SMILES string of the molecule is CCC(Sc1cccc(NC(=O)C2CC2)c1)C(=O)Nc1nc(-c2cccs2)cs1. The molecule has 1 aliphatic rings. The van der Waals surface area contributed by atoms with Gasteiger partial charge in [-0.3, -0.25) is 9.59 Å². The van der Waals surface area contributed by atoms with E-state index >= 15 is 0 Å². The first-order valence-corrected chi connectivity index (χ1v) is 12.1. The Kier molecular flexibility index (Phi) is 6.32. The molecule has 5 nitrogen and oxygen atoms in total. The molecule has 2 amide bonds. The first-order chi connectivity index (χ1) is 14.1. The highest BCUT2D eigenvalue weighted by Gasteiger charge is 2.29. The van der Waals surface area contributed by atoms with Crippen molar-refractivity contribution >= 4 is 57.1 Å². The molecule has 1 aromatic carbocycles. The monoisotopic (exact) mass is 443 g/mol. The molecule has 1 aliphatic carbocycles. The van der Waals surface area contributed by atoms with Crippen LogP contribution >= 0.6 is 34.4 Å². The topological polar surface area (TPSA) is 71.1 Å². The number of amides is 2. The summed E-state index contributed by atoms with van der Waals surface area (Å²) in [7, 11) is 0. The van der Waals surface area contributed by atoms with Crippen LogP contribution in [0.25, 0.3) is 10.6 Å². The van der Waals surface area contributed by atoms with Crippen LogP contribution in [0.15, 0.2) is 52.1 Å². The highest BCUT2D eigenvalue weighted by atomic mass is 32.2. The Morgan fingerprint density at radius 1 is 1.21 bits per heavy atom. The maximum Gasteiger partial charge on any atom is 0.239 e. The third-order valence-electron chi connectivity index (χ3n) is 4.50. The minimum atomic E-state index is -0.238. The van der Waals surface area contributed by atoms with Gasteiger partial charge in [-0.2, -0.15) is 0 Å². The Morgan fingerprint density at radius 3 is 2.79 bits per heavy atom. The summed E-state index contributed by atoms with van der Waals surface area (Å²) in [5.41, 5.74) is 1.67. The third kappa shape index (κ3) is 5.26. The zero-order chi connectivity index (χ0) is 20.2. The number of thioether (sulfide) groups is 1. The zero-order valence-electron chi connectivity index (χ0n) is 15.9. The van der Waals surface area contributed by atoms with Crippen LogP contribution in [0.4, 0.5) is 10.8 Å². The van der Waals surface area contributed by atoms with Crippen molar-refractivity contribution in [1.29, 1.82) is 0 Å². The number of benzene rings is 1. The summed E-state index contributed by atoms with van der Waals surface area (Å²) in [4.78, 5) is 31.3. The predicted octanol–water partition coefficient (Wildman–Crippen LogP) is 5.73. The Hall–Kier alpha value is -2.16. The highest BCUT2D eigenvalue weighted by molar-refractivity contribution is 8.00. The average molecular weight is 444 g/mol. The number of carbonyl (C=O) groups is 2. The molecule has 2 aromatic heterocycles. The molecule has 29 heavy (non-hydrogen) atoms. The Balaban J connectivity index is 1.38. The van der Waals surface area contributed by atoms with Gasteiger partial charge in [0.1, 0.15) is 0 Å². The number of nitrogens with one attached hydrogen (secondary N) is 2. The second-order valence-electron chi connectivity index (χ2n) is 6.81. The van der Waals surface area contributed by atoms with Gasteiger partial charge >= 0.3 is 0 Å². The summed E-state index contributed by atoms with van der Waals surface area (Å²) in [6.07, 6.45) is 2.64. The van der Waals surface area contributed by atoms with Crippen LogP contribution in [0.2, 0.25) is 0 Å². The fourth-order valence-corrected chi connectivity index (χ4v) is 5.27. The second kappa shape index (κ2) is 9.11. The number of carbonyl (C=O) groups excluding carboxylic acids is 2. The summed E-state index contributed by atoms with van der Waals surface area (Å²) in [5, 5.41) is 10.3. The summed E-state index contributed by atoms with van der Waals surface area (Å²) in [5.74, 6) is 0.192. The van der Waals surface area contributed by atoms with E-state index in [-0.39, 0.29) is 23.0 Å². The Morgan fingerprint density at radius 2 is 2.07 bits per heavy atom. The van der Waals surface area contributed by atoms with Gasteiger partial charge in [0.15, 0.2) is 5.13 Å². The lowest BCUT2D eigenvalue weighted by Crippen LogP contribution is -2.24. The van der Waals surface area contributed by atoms with Gasteiger partial charge in [-0.1, -0.05) is 19.1 Å². The van der Waals surface area contributed by atoms with Gasteiger partial charge in [-0.05, 0) is 48.9 Å². The summed E-state index contributed by atoms with van der Waals surface area (Å²) >= 11 is 4.57. The van der Waals surface area contributed by atoms with E-state index in [1.165, 1.54) is 23.1 Å². The number of hydrogen-bond donors (Lipinski definition) is 2. The summed E-state index contributed by atoms with van der Waals surface area (Å²) in [6.45, 7) is 1.99. The van der Waals surface area contributed by atoms with Gasteiger partial charge in [0.2, 0.25) is 11.8 Å². The first kappa shape index (κ1) is 20.1. The molecule has 0 saturated heterocycles. The van der Waals surface area contributed by atoms with Crippen molar-refractivity contribution in [3.8, 4) is 10.6 Å². The molecular weight excluding hydrogens is 422 g/mol. The van der Waals surface area contributed by atoms with Crippen LogP contribution in [0.5, 0.6) is 0 Å². The van der Waals surface area contributed by atoms with Gasteiger partial charge in [0.25, 0.3) is 0 Å². The Labute approximate surface area is 182 Å². The van der Waals surface area contributed by atoms with E-state index in [0.29, 0.717) is 11.6 Å². The van der Waals surface area contributed by atoms with E-state index in [9.17, 15) is 9.59 Å². The molecule has 0 spiro atoms. The zero-order valence-corrected chi connectivity index (χ0v) is 18.3. The molecule has 0 radical (unpaired) electrons. The smallest absolute Gasteiger partial charge is 0.239 e. The molecule has 4 rings (SSSR count). The van der Waals surface area contributed by atoms with Crippen LogP contribution in [0.3, 0.4) is 0 Å². The molecule has 8 heteroatoms. The molecule has 1 fully saturated rings. The van der Waals surface area contributed by atoms with E-state index in [2.05, 4.69) is 15.6 Å². The number of hydrogen-bond acceptors (Lipinski definition) is 6. The molecule has 1 saturated carbocycles. The minimum Gasteiger partial charge on any atom is -0.326 e. The number of thiazole rings is 1. The summed E-state index contributed by atoms with van der Waals surface area (Å²) < 4.78 is 0. The maximum atomic E-state index is 12.8. The van der Waals surface area contributed by atoms with Crippen LogP contribution < -0.4 is 10.6 Å². The molecule has 1 atom stereocenters. The molecule has 0 aliphatic heterocycles. The standard InChI is InChI=1S/C21H21N3O2S3/c1-2-17(20(26)24-21-23-16(12-28-21)18-7-4-10-27-18)29-15-6-3-5-14(11-15)22-19(25)13-8-9-13/h3-7,10-13,17H,2,8-9H2,1H3,(H,22,25)(H,23,24,26). The van der Waals surface area contributed by atoms with Gasteiger partial charge in [0.05, 0.1) is 15.8 Å². The van der Waals surface area contributed by atoms with Crippen molar-refractivity contribution in [1.82, 2.24) is 4.98 Å². The van der Waals surface area contributed by atoms with Gasteiger partial charge in [-0.15, -0.1) is 34.4 Å². The largest absolute Gasteiger partial charge is 0.326 e. The van der Waals surface area contributed by atoms with Crippen molar-refractivity contribution in [3.05, 3.63) is 47.2 Å². The Bertz CT molecular complexity index is 996. The minimum absolute atomic E-state index is 0.0583. The number of anilines is 2. The lowest BCUT2D eigenvalue weighted by molar-refractivity contribution is -0.117. The third-order valence-corrected chi connectivity index (χ3v) is 7.51. The predicted molar refractivity (Wildman–Crippen MR) is 122 cm³/mol. The molecule has 2 heterocycles. The highest BCUT2D eigenvalue weighted by Crippen LogP contribution is 2.33. The van der Waals surface area contributed by atoms with Crippen LogP contribution in [-0.2, 0) is 9.59 Å². The molecule has 2 N–H and O–H groups in total. The van der Waals surface area contributed by atoms with Gasteiger partial charge < -0.3 is 10.6 Å². The van der Waals surface area contributed by atoms with E-state index in [4.69, 9.17) is 0 Å². The average Bonchev–Trinajstić information content (AvgIpc) is 3.23. The van der Waals surface area contributed by atoms with Crippen LogP contribution in [0, 0.1) is 5.92 Å². The van der Waals surface area contributed by atoms with Crippen molar-refractivity contribution in [2.24, 2.45) is 5.92 Å². The van der Waals surface area contributed by atoms with Crippen LogP contribution in [0.1, 0.15) is 26.2 Å². The first-order valence-electron chi connectivity index (χ1n) is 9.50. The van der Waals surface area contributed by atoms with E-state index in [1.807, 2.05) is 54.1 Å². The molecule has 150 valence electrons. The lowest BCUT2D eigenvalue weighted by Gasteiger charge is -2.14. The van der Waals surface area contributed by atoms with Crippen molar-refractivity contribution in [2.75, 3.05) is 10.6 Å². The van der Waals surface area contributed by atoms with E-state index in [0.717, 1.165) is 34.0 Å². The maximum absolute atomic E-state index is 12.8. The lowest BCUT2D eigenvalue weighted by atomic mass is 10.3. The summed E-state index contributed by atoms with van der Waals surface area (Å²) in [6, 6.07) is 11.7. The van der Waals surface area contributed by atoms with Gasteiger partial charge in [-0.25, -0.2) is 4.98 Å². The fraction of sp³-hybridized carbons (Fsp3) is 0.286. The number of thiophene rings is 1. The van der Waals surface area contributed by atoms with Crippen LogP contribution in [-0.4, -0.2) is 22.0 Å². The van der Waals surface area contributed by atoms with Crippen molar-refractivity contribution < 1.29 is 9.59 Å². The quantitative estimate of drug-likeness (QED) is 0.436. The number of rotatable bonds is 8. The normalized spacial score (nSPS) is 14.4. The fourth-order valence-electron chi connectivity index (χ4n) is 2.78. The van der Waals surface area contributed by atoms with Crippen molar-refractivity contribution in [3.63, 3.8) is 0 Å². The number of nitrogens with zero attached hydrogens (tertiary/aromatic N) is 1.